The van der Waals surface area contributed by atoms with Gasteiger partial charge in [0.05, 0.1) is 37.4 Å². The summed E-state index contributed by atoms with van der Waals surface area (Å²) < 4.78 is 10.9. The third-order valence-electron chi connectivity index (χ3n) is 7.42. The minimum absolute atomic E-state index is 0.0199. The van der Waals surface area contributed by atoms with Gasteiger partial charge in [-0.25, -0.2) is 0 Å². The zero-order valence-corrected chi connectivity index (χ0v) is 24.0. The van der Waals surface area contributed by atoms with Crippen molar-refractivity contribution in [2.45, 2.75) is 39.2 Å². The van der Waals surface area contributed by atoms with Gasteiger partial charge in [0.25, 0.3) is 5.91 Å². The predicted molar refractivity (Wildman–Crippen MR) is 164 cm³/mol. The van der Waals surface area contributed by atoms with Crippen LogP contribution < -0.4 is 20.1 Å². The van der Waals surface area contributed by atoms with Crippen molar-refractivity contribution in [1.29, 1.82) is 0 Å². The zero-order valence-electron chi connectivity index (χ0n) is 24.0. The van der Waals surface area contributed by atoms with Crippen molar-refractivity contribution in [2.75, 3.05) is 24.9 Å². The van der Waals surface area contributed by atoms with Gasteiger partial charge < -0.3 is 20.1 Å². The normalized spacial score (nSPS) is 14.9. The highest BCUT2D eigenvalue weighted by atomic mass is 16.5. The van der Waals surface area contributed by atoms with Crippen LogP contribution in [0.3, 0.4) is 0 Å². The number of benzene rings is 2. The summed E-state index contributed by atoms with van der Waals surface area (Å²) >= 11 is 0. The largest absolute Gasteiger partial charge is 0.493 e. The van der Waals surface area contributed by atoms with Gasteiger partial charge in [0.15, 0.2) is 11.5 Å². The minimum atomic E-state index is -0.175. The lowest BCUT2D eigenvalue weighted by Gasteiger charge is -2.18. The smallest absolute Gasteiger partial charge is 0.257 e. The standard InChI is InChI=1S/C34H36N4O3/c1-22-14-28(20-35-19-22)34(39)38-29-7-5-6-26(17-29)23(2)37-30-18-27-11-8-24(9-12-31(27)36-21-30)15-25-10-13-32(40-3)33(16-25)41-4/h5-7,9-10,12-14,16-21,23-24,37H,8,11,15H2,1-4H3,(H,38,39)/t23-,24?/m0/s1. The van der Waals surface area contributed by atoms with Crippen LogP contribution in [0.15, 0.2) is 79.3 Å². The number of allylic oxidation sites excluding steroid dienone is 1. The van der Waals surface area contributed by atoms with Crippen molar-refractivity contribution in [3.05, 3.63) is 113 Å². The molecule has 2 aromatic carbocycles. The van der Waals surface area contributed by atoms with Gasteiger partial charge >= 0.3 is 0 Å². The number of pyridine rings is 2. The van der Waals surface area contributed by atoms with Crippen LogP contribution in [0, 0.1) is 12.8 Å². The number of hydrogen-bond acceptors (Lipinski definition) is 6. The van der Waals surface area contributed by atoms with Crippen LogP contribution in [-0.4, -0.2) is 30.1 Å². The van der Waals surface area contributed by atoms with Crippen LogP contribution in [0.2, 0.25) is 0 Å². The van der Waals surface area contributed by atoms with Gasteiger partial charge in [0.2, 0.25) is 0 Å². The van der Waals surface area contributed by atoms with E-state index in [0.29, 0.717) is 11.5 Å². The van der Waals surface area contributed by atoms with E-state index in [2.05, 4.69) is 59.0 Å². The molecule has 0 radical (unpaired) electrons. The maximum atomic E-state index is 12.7. The fraction of sp³-hybridized carbons (Fsp3) is 0.265. The van der Waals surface area contributed by atoms with E-state index < -0.39 is 0 Å². The lowest BCUT2D eigenvalue weighted by Crippen LogP contribution is -2.13. The molecule has 4 aromatic rings. The number of aryl methyl sites for hydroxylation is 2. The molecule has 41 heavy (non-hydrogen) atoms. The molecule has 2 atom stereocenters. The first-order valence-electron chi connectivity index (χ1n) is 13.9. The van der Waals surface area contributed by atoms with Gasteiger partial charge in [-0.2, -0.15) is 0 Å². The second-order valence-corrected chi connectivity index (χ2v) is 10.5. The van der Waals surface area contributed by atoms with Gasteiger partial charge in [-0.05, 0) is 104 Å². The van der Waals surface area contributed by atoms with Gasteiger partial charge in [-0.15, -0.1) is 0 Å². The molecular formula is C34H36N4O3. The Morgan fingerprint density at radius 2 is 1.85 bits per heavy atom. The van der Waals surface area contributed by atoms with E-state index in [4.69, 9.17) is 14.5 Å². The van der Waals surface area contributed by atoms with Gasteiger partial charge in [0.1, 0.15) is 0 Å². The number of methoxy groups -OCH3 is 2. The summed E-state index contributed by atoms with van der Waals surface area (Å²) in [6.45, 7) is 4.03. The molecule has 2 N–H and O–H groups in total. The molecule has 7 nitrogen and oxygen atoms in total. The number of rotatable bonds is 9. The van der Waals surface area contributed by atoms with E-state index in [1.54, 1.807) is 26.6 Å². The zero-order chi connectivity index (χ0) is 28.8. The lowest BCUT2D eigenvalue weighted by molar-refractivity contribution is 0.102. The Balaban J connectivity index is 1.22. The average Bonchev–Trinajstić information content (AvgIpc) is 3.19. The van der Waals surface area contributed by atoms with Crippen LogP contribution in [-0.2, 0) is 12.8 Å². The van der Waals surface area contributed by atoms with Crippen molar-refractivity contribution >= 4 is 23.4 Å². The highest BCUT2D eigenvalue weighted by Crippen LogP contribution is 2.31. The van der Waals surface area contributed by atoms with Crippen molar-refractivity contribution in [3.63, 3.8) is 0 Å². The summed E-state index contributed by atoms with van der Waals surface area (Å²) in [6, 6.07) is 18.1. The monoisotopic (exact) mass is 548 g/mol. The van der Waals surface area contributed by atoms with Crippen LogP contribution >= 0.6 is 0 Å². The SMILES string of the molecule is COc1ccc(CC2C=Cc3ncc(N[C@@H](C)c4cccc(NC(=O)c5cncc(C)c5)c4)cc3CC2)cc1OC. The van der Waals surface area contributed by atoms with Gasteiger partial charge in [0, 0.05) is 24.1 Å². The Labute approximate surface area is 241 Å². The summed E-state index contributed by atoms with van der Waals surface area (Å²) in [6.07, 6.45) is 12.6. The number of ether oxygens (including phenoxy) is 2. The minimum Gasteiger partial charge on any atom is -0.493 e. The fourth-order valence-electron chi connectivity index (χ4n) is 5.20. The number of amides is 1. The topological polar surface area (TPSA) is 85.4 Å². The Morgan fingerprint density at radius 1 is 1.00 bits per heavy atom. The Bertz CT molecular complexity index is 1570. The Hall–Kier alpha value is -4.65. The van der Waals surface area contributed by atoms with Crippen LogP contribution in [0.25, 0.3) is 6.08 Å². The molecule has 0 spiro atoms. The van der Waals surface area contributed by atoms with Gasteiger partial charge in [-0.1, -0.05) is 24.3 Å². The van der Waals surface area contributed by atoms with E-state index in [9.17, 15) is 4.79 Å². The molecule has 1 aliphatic carbocycles. The van der Waals surface area contributed by atoms with E-state index >= 15 is 0 Å². The molecule has 1 amide bonds. The second-order valence-electron chi connectivity index (χ2n) is 10.5. The van der Waals surface area contributed by atoms with Crippen molar-refractivity contribution < 1.29 is 14.3 Å². The summed E-state index contributed by atoms with van der Waals surface area (Å²) in [5.41, 5.74) is 7.75. The first-order valence-corrected chi connectivity index (χ1v) is 13.9. The molecule has 2 heterocycles. The van der Waals surface area contributed by atoms with Crippen LogP contribution in [0.5, 0.6) is 11.5 Å². The molecule has 5 rings (SSSR count). The third kappa shape index (κ3) is 6.92. The van der Waals surface area contributed by atoms with Crippen molar-refractivity contribution in [3.8, 4) is 11.5 Å². The summed E-state index contributed by atoms with van der Waals surface area (Å²) in [5.74, 6) is 1.74. The molecule has 2 aromatic heterocycles. The molecule has 0 bridgehead atoms. The molecular weight excluding hydrogens is 512 g/mol. The van der Waals surface area contributed by atoms with E-state index in [0.717, 1.165) is 59.0 Å². The average molecular weight is 549 g/mol. The molecule has 1 unspecified atom stereocenters. The molecule has 0 saturated heterocycles. The lowest BCUT2D eigenvalue weighted by atomic mass is 9.94. The summed E-state index contributed by atoms with van der Waals surface area (Å²) in [7, 11) is 3.32. The number of carbonyl (C=O) groups excluding carboxylic acids is 1. The molecule has 1 aliphatic rings. The molecule has 210 valence electrons. The number of anilines is 2. The highest BCUT2D eigenvalue weighted by molar-refractivity contribution is 6.04. The Kier molecular flexibility index (Phi) is 8.63. The van der Waals surface area contributed by atoms with E-state index in [1.165, 1.54) is 11.1 Å². The molecule has 0 saturated carbocycles. The quantitative estimate of drug-likeness (QED) is 0.233. The fourth-order valence-corrected chi connectivity index (χ4v) is 5.20. The summed E-state index contributed by atoms with van der Waals surface area (Å²) in [5, 5.41) is 6.57. The number of nitrogens with one attached hydrogen (secondary N) is 2. The van der Waals surface area contributed by atoms with Crippen LogP contribution in [0.4, 0.5) is 11.4 Å². The van der Waals surface area contributed by atoms with Crippen molar-refractivity contribution in [2.24, 2.45) is 5.92 Å². The number of nitrogens with zero attached hydrogens (tertiary/aromatic N) is 2. The number of carbonyl (C=O) groups is 1. The molecule has 0 aliphatic heterocycles. The maximum absolute atomic E-state index is 12.7. The molecule has 7 heteroatoms. The Morgan fingerprint density at radius 3 is 2.66 bits per heavy atom. The third-order valence-corrected chi connectivity index (χ3v) is 7.42. The highest BCUT2D eigenvalue weighted by Gasteiger charge is 2.16. The second kappa shape index (κ2) is 12.7. The van der Waals surface area contributed by atoms with E-state index in [1.807, 2.05) is 43.5 Å². The number of hydrogen-bond donors (Lipinski definition) is 2. The van der Waals surface area contributed by atoms with Crippen molar-refractivity contribution in [1.82, 2.24) is 9.97 Å². The predicted octanol–water partition coefficient (Wildman–Crippen LogP) is 7.05. The number of fused-ring (bicyclic) bond motifs is 1. The first kappa shape index (κ1) is 27.9. The van der Waals surface area contributed by atoms with Crippen LogP contribution in [0.1, 0.15) is 57.7 Å². The number of aromatic nitrogens is 2. The maximum Gasteiger partial charge on any atom is 0.257 e. The summed E-state index contributed by atoms with van der Waals surface area (Å²) in [4.78, 5) is 21.6. The van der Waals surface area contributed by atoms with Gasteiger partial charge in [-0.3, -0.25) is 14.8 Å². The molecule has 0 fully saturated rings. The first-order chi connectivity index (χ1) is 19.9. The van der Waals surface area contributed by atoms with E-state index in [-0.39, 0.29) is 11.9 Å².